The lowest BCUT2D eigenvalue weighted by atomic mass is 10.2. The van der Waals surface area contributed by atoms with E-state index in [2.05, 4.69) is 36.2 Å². The molecule has 0 atom stereocenters. The average Bonchev–Trinajstić information content (AvgIpc) is 3.23. The fourth-order valence-corrected chi connectivity index (χ4v) is 4.04. The van der Waals surface area contributed by atoms with E-state index in [0.29, 0.717) is 27.6 Å². The van der Waals surface area contributed by atoms with Gasteiger partial charge in [-0.25, -0.2) is 9.97 Å². The van der Waals surface area contributed by atoms with Crippen LogP contribution in [0.4, 0.5) is 17.5 Å². The largest absolute Gasteiger partial charge is 0.314 e. The molecule has 29 heavy (non-hydrogen) atoms. The summed E-state index contributed by atoms with van der Waals surface area (Å²) in [6, 6.07) is 5.47. The summed E-state index contributed by atoms with van der Waals surface area (Å²) in [5.41, 5.74) is 1.25. The topological polar surface area (TPSA) is 93.0 Å². The van der Waals surface area contributed by atoms with E-state index < -0.39 is 0 Å². The normalized spacial score (nSPS) is 14.3. The number of nitrogens with zero attached hydrogens (tertiary/aromatic N) is 5. The summed E-state index contributed by atoms with van der Waals surface area (Å²) in [5.74, 6) is 0.851. The van der Waals surface area contributed by atoms with Gasteiger partial charge in [-0.05, 0) is 47.0 Å². The Morgan fingerprint density at radius 2 is 2.00 bits per heavy atom. The zero-order valence-electron chi connectivity index (χ0n) is 16.2. The summed E-state index contributed by atoms with van der Waals surface area (Å²) in [6.45, 7) is 1.50. The van der Waals surface area contributed by atoms with Crippen molar-refractivity contribution in [2.75, 3.05) is 17.3 Å². The van der Waals surface area contributed by atoms with Gasteiger partial charge in [-0.1, -0.05) is 12.8 Å². The average molecular weight is 457 g/mol. The van der Waals surface area contributed by atoms with Gasteiger partial charge in [0.2, 0.25) is 11.9 Å². The molecule has 0 unspecified atom stereocenters. The lowest BCUT2D eigenvalue weighted by Gasteiger charge is -2.17. The van der Waals surface area contributed by atoms with Crippen LogP contribution in [-0.2, 0) is 4.79 Å². The van der Waals surface area contributed by atoms with Crippen LogP contribution in [0.1, 0.15) is 38.6 Å². The third kappa shape index (κ3) is 3.87. The van der Waals surface area contributed by atoms with Crippen molar-refractivity contribution in [2.24, 2.45) is 0 Å². The number of aromatic nitrogens is 4. The summed E-state index contributed by atoms with van der Waals surface area (Å²) in [5, 5.41) is 3.89. The van der Waals surface area contributed by atoms with E-state index >= 15 is 0 Å². The summed E-state index contributed by atoms with van der Waals surface area (Å²) in [7, 11) is 1.69. The van der Waals surface area contributed by atoms with Crippen LogP contribution >= 0.6 is 15.9 Å². The van der Waals surface area contributed by atoms with Crippen LogP contribution in [0.25, 0.3) is 11.0 Å². The van der Waals surface area contributed by atoms with E-state index in [9.17, 15) is 9.59 Å². The summed E-state index contributed by atoms with van der Waals surface area (Å²) < 4.78 is 2.31. The molecule has 1 saturated carbocycles. The van der Waals surface area contributed by atoms with Crippen LogP contribution in [0, 0.1) is 0 Å². The van der Waals surface area contributed by atoms with Crippen molar-refractivity contribution in [1.82, 2.24) is 19.5 Å². The van der Waals surface area contributed by atoms with Gasteiger partial charge in [0, 0.05) is 31.6 Å². The van der Waals surface area contributed by atoms with Crippen LogP contribution in [0.5, 0.6) is 0 Å². The maximum atomic E-state index is 12.8. The molecular formula is C20H21BrN6O2. The molecule has 1 aliphatic carbocycles. The van der Waals surface area contributed by atoms with Gasteiger partial charge < -0.3 is 10.2 Å². The molecule has 0 bridgehead atoms. The molecule has 0 spiro atoms. The first kappa shape index (κ1) is 19.5. The molecule has 3 heterocycles. The summed E-state index contributed by atoms with van der Waals surface area (Å²) in [6.07, 6.45) is 7.50. The van der Waals surface area contributed by atoms with Crippen molar-refractivity contribution in [3.8, 4) is 0 Å². The van der Waals surface area contributed by atoms with Gasteiger partial charge in [0.15, 0.2) is 0 Å². The van der Waals surface area contributed by atoms with Crippen molar-refractivity contribution >= 4 is 50.3 Å². The van der Waals surface area contributed by atoms with Gasteiger partial charge in [0.25, 0.3) is 5.56 Å². The van der Waals surface area contributed by atoms with Crippen LogP contribution in [0.15, 0.2) is 39.9 Å². The Bertz CT molecular complexity index is 1120. The van der Waals surface area contributed by atoms with Gasteiger partial charge in [-0.2, -0.15) is 4.98 Å². The Balaban J connectivity index is 1.68. The predicted molar refractivity (Wildman–Crippen MR) is 116 cm³/mol. The third-order valence-electron chi connectivity index (χ3n) is 5.27. The number of anilines is 3. The number of pyridine rings is 2. The van der Waals surface area contributed by atoms with E-state index in [4.69, 9.17) is 0 Å². The molecule has 1 aliphatic rings. The summed E-state index contributed by atoms with van der Waals surface area (Å²) in [4.78, 5) is 39.1. The first-order valence-corrected chi connectivity index (χ1v) is 10.3. The zero-order chi connectivity index (χ0) is 20.5. The minimum Gasteiger partial charge on any atom is -0.314 e. The number of carbonyl (C=O) groups excluding carboxylic acids is 1. The van der Waals surface area contributed by atoms with Gasteiger partial charge >= 0.3 is 0 Å². The molecule has 150 valence electrons. The maximum absolute atomic E-state index is 12.8. The smallest absolute Gasteiger partial charge is 0.266 e. The van der Waals surface area contributed by atoms with Gasteiger partial charge in [0.05, 0.1) is 16.4 Å². The Kier molecular flexibility index (Phi) is 5.31. The Morgan fingerprint density at radius 1 is 1.24 bits per heavy atom. The second-order valence-corrected chi connectivity index (χ2v) is 8.04. The second kappa shape index (κ2) is 7.90. The Hall–Kier alpha value is -2.81. The number of rotatable bonds is 4. The van der Waals surface area contributed by atoms with E-state index in [1.807, 2.05) is 0 Å². The first-order valence-electron chi connectivity index (χ1n) is 9.49. The van der Waals surface area contributed by atoms with Crippen LogP contribution < -0.4 is 15.8 Å². The molecule has 4 rings (SSSR count). The van der Waals surface area contributed by atoms with Crippen LogP contribution in [-0.4, -0.2) is 32.5 Å². The number of nitrogens with one attached hydrogen (secondary N) is 1. The Morgan fingerprint density at radius 3 is 2.66 bits per heavy atom. The molecule has 1 fully saturated rings. The number of hydrogen-bond acceptors (Lipinski definition) is 6. The molecule has 0 radical (unpaired) electrons. The molecule has 3 aromatic rings. The fourth-order valence-electron chi connectivity index (χ4n) is 3.60. The lowest BCUT2D eigenvalue weighted by Crippen LogP contribution is -2.25. The monoisotopic (exact) mass is 456 g/mol. The highest BCUT2D eigenvalue weighted by atomic mass is 79.9. The maximum Gasteiger partial charge on any atom is 0.266 e. The van der Waals surface area contributed by atoms with Crippen molar-refractivity contribution in [2.45, 2.75) is 38.6 Å². The first-order chi connectivity index (χ1) is 13.9. The molecule has 8 nitrogen and oxygen atoms in total. The minimum atomic E-state index is -0.0681. The predicted octanol–water partition coefficient (Wildman–Crippen LogP) is 3.79. The highest BCUT2D eigenvalue weighted by Gasteiger charge is 2.22. The molecule has 1 N–H and O–H groups in total. The molecule has 0 saturated heterocycles. The van der Waals surface area contributed by atoms with Crippen LogP contribution in [0.3, 0.4) is 0 Å². The minimum absolute atomic E-state index is 0.0659. The quantitative estimate of drug-likeness (QED) is 0.641. The lowest BCUT2D eigenvalue weighted by molar-refractivity contribution is -0.116. The highest BCUT2D eigenvalue weighted by Crippen LogP contribution is 2.31. The zero-order valence-corrected chi connectivity index (χ0v) is 17.8. The van der Waals surface area contributed by atoms with Crippen molar-refractivity contribution in [3.63, 3.8) is 0 Å². The van der Waals surface area contributed by atoms with Gasteiger partial charge in [-0.3, -0.25) is 14.2 Å². The number of carbonyl (C=O) groups is 1. The number of hydrogen-bond donors (Lipinski definition) is 1. The standard InChI is InChI=1S/C20H21BrN6O2/c1-12(28)26(2)15-7-8-17(22-11-15)24-20-23-10-13-9-16(21)19(29)27(18(13)25-20)14-5-3-4-6-14/h7-11,14H,3-6H2,1-2H3,(H,22,23,24,25). The second-order valence-electron chi connectivity index (χ2n) is 7.18. The fraction of sp³-hybridized carbons (Fsp3) is 0.350. The Labute approximate surface area is 176 Å². The number of halogens is 1. The summed E-state index contributed by atoms with van der Waals surface area (Å²) >= 11 is 3.37. The molecule has 0 aliphatic heterocycles. The van der Waals surface area contributed by atoms with Crippen molar-refractivity contribution < 1.29 is 4.79 Å². The van der Waals surface area contributed by atoms with Crippen LogP contribution in [0.2, 0.25) is 0 Å². The number of fused-ring (bicyclic) bond motifs is 1. The molecule has 3 aromatic heterocycles. The van der Waals surface area contributed by atoms with E-state index in [0.717, 1.165) is 31.1 Å². The highest BCUT2D eigenvalue weighted by molar-refractivity contribution is 9.10. The molecule has 0 aromatic carbocycles. The van der Waals surface area contributed by atoms with Gasteiger partial charge in [-0.15, -0.1) is 0 Å². The van der Waals surface area contributed by atoms with Crippen molar-refractivity contribution in [3.05, 3.63) is 45.4 Å². The van der Waals surface area contributed by atoms with E-state index in [-0.39, 0.29) is 17.5 Å². The number of amides is 1. The SMILES string of the molecule is CC(=O)N(C)c1ccc(Nc2ncc3cc(Br)c(=O)n(C4CCCC4)c3n2)nc1. The third-order valence-corrected chi connectivity index (χ3v) is 5.83. The molecule has 9 heteroatoms. The molecule has 1 amide bonds. The van der Waals surface area contributed by atoms with E-state index in [1.165, 1.54) is 11.8 Å². The molecular weight excluding hydrogens is 436 g/mol. The van der Waals surface area contributed by atoms with Gasteiger partial charge in [0.1, 0.15) is 11.5 Å². The van der Waals surface area contributed by atoms with E-state index in [1.54, 1.807) is 42.2 Å². The van der Waals surface area contributed by atoms with Crippen molar-refractivity contribution in [1.29, 1.82) is 0 Å².